The third-order valence-corrected chi connectivity index (χ3v) is 1.03. The summed E-state index contributed by atoms with van der Waals surface area (Å²) < 4.78 is 177. The van der Waals surface area contributed by atoms with Gasteiger partial charge in [-0.1, -0.05) is 0 Å². The minimum absolute atomic E-state index is 0. The third-order valence-electron chi connectivity index (χ3n) is 0.344. The van der Waals surface area contributed by atoms with Gasteiger partial charge in [-0.25, -0.2) is 8.42 Å². The molecule has 59 heteroatoms. The fourth-order valence-corrected chi connectivity index (χ4v) is 0. The molecule has 0 saturated carbocycles. The summed E-state index contributed by atoms with van der Waals surface area (Å²) in [6.45, 7) is 0. The molecular formula is H5K25O28S6+18. The zero-order valence-corrected chi connectivity index (χ0v) is 122. The Kier molecular flexibility index (Phi) is 502. The maximum atomic E-state index is 9.02. The van der Waals surface area contributed by atoms with Crippen molar-refractivity contribution >= 4 is 62.4 Å². The van der Waals surface area contributed by atoms with Crippen molar-refractivity contribution in [2.45, 2.75) is 0 Å². The standard InChI is InChI=1S/25K.4H2O5S.2H2O4S/c;;;;;;;;;;;;;;;;;;;;;;;;;4*1-5-6(2,3)4;2*1-5(2,3)4/h;;;;;;;;;;;;;;;;;;;;;;;;;4*1H,(H,2,3,4);2*(H2,1,2,3,4)/q25*+1;;;;;;/p-7. The van der Waals surface area contributed by atoms with Crippen LogP contribution in [0.4, 0.5) is 0 Å². The molecule has 0 unspecified atom stereocenters. The van der Waals surface area contributed by atoms with Crippen LogP contribution >= 0.6 is 0 Å². The van der Waals surface area contributed by atoms with E-state index in [0.717, 1.165) is 0 Å². The summed E-state index contributed by atoms with van der Waals surface area (Å²) in [5.41, 5.74) is 0. The Morgan fingerprint density at radius 1 is 0.237 bits per heavy atom. The molecule has 216 valence electrons. The second kappa shape index (κ2) is 144. The largest absolute Gasteiger partial charge is 1.00 e. The molecule has 0 spiro atoms. The van der Waals surface area contributed by atoms with Gasteiger partial charge in [0.2, 0.25) is 10.4 Å². The minimum Gasteiger partial charge on any atom is -0.759 e. The first-order chi connectivity index (χ1) is 14.2. The SMILES string of the molecule is O=S(=O)(O)O[O-].O=S(=O)(O)O[O-].O=S(=O)(O)O[O-].O=S(=O)(O)O[O-].O=S(=O)([O-])O.O=S(=O)([O-])[O-].[K+].[K+].[K+].[K+].[K+].[K+].[K+].[K+].[K+].[K+].[K+].[K+].[K+].[K+].[K+].[K+].[K+].[K+].[K+].[K+].[K+].[K+].[K+].[K+].[K+]. The first kappa shape index (κ1) is 206. The molecule has 0 bridgehead atoms. The van der Waals surface area contributed by atoms with E-state index >= 15 is 0 Å². The molecule has 0 aromatic rings. The van der Waals surface area contributed by atoms with Crippen molar-refractivity contribution in [2.75, 3.05) is 0 Å². The van der Waals surface area contributed by atoms with E-state index in [1.54, 1.807) is 0 Å². The molecule has 0 rings (SSSR count). The Bertz CT molecular complexity index is 983. The van der Waals surface area contributed by atoms with Gasteiger partial charge in [-0.15, -0.1) is 0 Å². The van der Waals surface area contributed by atoms with Crippen LogP contribution in [0.3, 0.4) is 0 Å². The first-order valence-corrected chi connectivity index (χ1v) is 12.9. The number of hydrogen-bond donors (Lipinski definition) is 5. The molecule has 5 N–H and O–H groups in total. The molecule has 0 aliphatic rings. The molecule has 0 aromatic heterocycles. The Labute approximate surface area is 1410 Å². The summed E-state index contributed by atoms with van der Waals surface area (Å²) in [4.78, 5) is 0. The van der Waals surface area contributed by atoms with Crippen LogP contribution in [-0.2, 0) is 79.7 Å². The Morgan fingerprint density at radius 2 is 0.254 bits per heavy atom. The summed E-state index contributed by atoms with van der Waals surface area (Å²) in [6.07, 6.45) is 0. The van der Waals surface area contributed by atoms with Gasteiger partial charge in [0.25, 0.3) is 0 Å². The molecule has 0 heterocycles. The molecule has 0 radical (unpaired) electrons. The van der Waals surface area contributed by atoms with Crippen LogP contribution in [0.2, 0.25) is 0 Å². The Balaban J connectivity index is -0.00000000507. The predicted octanol–water partition coefficient (Wildman–Crippen LogP) is -84.9. The van der Waals surface area contributed by atoms with Gasteiger partial charge in [0.1, 0.15) is 0 Å². The van der Waals surface area contributed by atoms with Gasteiger partial charge < -0.3 is 52.0 Å². The topological polar surface area (TPSA) is 504 Å². The van der Waals surface area contributed by atoms with Crippen molar-refractivity contribution < 1.29 is 1410 Å². The van der Waals surface area contributed by atoms with E-state index in [1.165, 1.54) is 0 Å². The number of rotatable bonds is 4. The summed E-state index contributed by atoms with van der Waals surface area (Å²) in [7, 11) is -29.0. The van der Waals surface area contributed by atoms with Crippen LogP contribution in [0.5, 0.6) is 0 Å². The summed E-state index contributed by atoms with van der Waals surface area (Å²) >= 11 is 0. The average molecular weight is 1620 g/mol. The van der Waals surface area contributed by atoms with Crippen molar-refractivity contribution in [1.82, 2.24) is 0 Å². The van der Waals surface area contributed by atoms with E-state index < -0.39 is 62.4 Å². The summed E-state index contributed by atoms with van der Waals surface area (Å²) in [6, 6.07) is 0. The monoisotopic (exact) mass is 1620 g/mol. The Hall–Kier alpha value is 40.0. The first-order valence-electron chi connectivity index (χ1n) is 4.75. The van der Waals surface area contributed by atoms with Gasteiger partial charge >= 0.3 is 1330 Å². The quantitative estimate of drug-likeness (QED) is 0.0574. The zero-order valence-electron chi connectivity index (χ0n) is 39.1. The smallest absolute Gasteiger partial charge is 0.759 e. The van der Waals surface area contributed by atoms with E-state index in [4.69, 9.17) is 108 Å². The molecule has 0 saturated heterocycles. The van der Waals surface area contributed by atoms with Crippen molar-refractivity contribution in [3.8, 4) is 0 Å². The van der Waals surface area contributed by atoms with E-state index in [9.17, 15) is 0 Å². The molecule has 0 aromatic carbocycles. The molecule has 0 fully saturated rings. The molecule has 0 atom stereocenters. The molecule has 59 heavy (non-hydrogen) atoms. The van der Waals surface area contributed by atoms with Crippen LogP contribution in [0.15, 0.2) is 0 Å². The van der Waals surface area contributed by atoms with Gasteiger partial charge in [0, 0.05) is 10.4 Å². The normalized spacial score (nSPS) is 6.71. The van der Waals surface area contributed by atoms with Gasteiger partial charge in [0.15, 0.2) is 0 Å². The van der Waals surface area contributed by atoms with Gasteiger partial charge in [-0.3, -0.25) is 31.2 Å². The second-order valence-corrected chi connectivity index (χ2v) is 8.46. The maximum absolute atomic E-state index is 9.02. The molecule has 0 amide bonds. The van der Waals surface area contributed by atoms with Gasteiger partial charge in [-0.05, 0) is 0 Å². The fourth-order valence-electron chi connectivity index (χ4n) is 0. The molecule has 28 nitrogen and oxygen atoms in total. The second-order valence-electron chi connectivity index (χ2n) is 2.82. The molecule has 0 aliphatic carbocycles. The molecule has 0 aliphatic heterocycles. The van der Waals surface area contributed by atoms with Crippen LogP contribution in [0.25, 0.3) is 0 Å². The van der Waals surface area contributed by atoms with E-state index in [0.29, 0.717) is 0 Å². The maximum Gasteiger partial charge on any atom is 1.00 e. The average Bonchev–Trinajstić information content (AvgIpc) is 2.51. The van der Waals surface area contributed by atoms with Crippen molar-refractivity contribution in [2.24, 2.45) is 0 Å². The van der Waals surface area contributed by atoms with E-state index in [-0.39, 0.29) is 1280 Å². The predicted molar refractivity (Wildman–Crippen MR) is 73.3 cm³/mol. The van der Waals surface area contributed by atoms with Crippen molar-refractivity contribution in [3.63, 3.8) is 0 Å². The van der Waals surface area contributed by atoms with Gasteiger partial charge in [0.05, 0.1) is 0 Å². The van der Waals surface area contributed by atoms with Crippen molar-refractivity contribution in [3.05, 3.63) is 0 Å². The van der Waals surface area contributed by atoms with E-state index in [1.807, 2.05) is 0 Å². The summed E-state index contributed by atoms with van der Waals surface area (Å²) in [5.74, 6) is 0. The van der Waals surface area contributed by atoms with Crippen LogP contribution < -0.4 is 1310 Å². The van der Waals surface area contributed by atoms with Gasteiger partial charge in [-0.2, -0.15) is 33.7 Å². The minimum atomic E-state index is -5.17. The fraction of sp³-hybridized carbons (Fsp3) is 0. The van der Waals surface area contributed by atoms with E-state index in [2.05, 4.69) is 17.3 Å². The van der Waals surface area contributed by atoms with Crippen LogP contribution in [-0.4, -0.2) is 86.9 Å². The summed E-state index contributed by atoms with van der Waals surface area (Å²) in [5, 5.41) is 34.5. The zero-order chi connectivity index (χ0) is 29.8. The van der Waals surface area contributed by atoms with Crippen molar-refractivity contribution in [1.29, 1.82) is 0 Å². The third kappa shape index (κ3) is 334. The van der Waals surface area contributed by atoms with Crippen LogP contribution in [0.1, 0.15) is 0 Å². The molecular weight excluding hydrogens is 1620 g/mol. The van der Waals surface area contributed by atoms with Crippen LogP contribution in [0, 0.1) is 0 Å². The number of hydrogen-bond acceptors (Lipinski definition) is 23. The Morgan fingerprint density at radius 3 is 0.254 bits per heavy atom.